The van der Waals surface area contributed by atoms with Crippen LogP contribution in [0.4, 0.5) is 10.1 Å². The molecule has 2 aromatic carbocycles. The molecule has 0 amide bonds. The number of aliphatic hydroxyl groups excluding tert-OH is 2. The quantitative estimate of drug-likeness (QED) is 0.327. The monoisotopic (exact) mass is 645 g/mol. The maximum atomic E-state index is 16.5. The third-order valence-corrected chi connectivity index (χ3v) is 12.2. The summed E-state index contributed by atoms with van der Waals surface area (Å²) >= 11 is 0. The van der Waals surface area contributed by atoms with E-state index in [-0.39, 0.29) is 53.8 Å². The molecular weight excluding hydrogens is 601 g/mol. The molecule has 0 spiro atoms. The molecule has 8 nitrogen and oxygen atoms in total. The van der Waals surface area contributed by atoms with E-state index in [1.807, 2.05) is 39.0 Å². The Bertz CT molecular complexity index is 1690. The van der Waals surface area contributed by atoms with Gasteiger partial charge in [0.25, 0.3) is 0 Å². The highest BCUT2D eigenvalue weighted by atomic mass is 19.1. The van der Waals surface area contributed by atoms with Gasteiger partial charge >= 0.3 is 0 Å². The fraction of sp³-hybridized carbons (Fsp3) is 0.526. The number of aliphatic hydroxyl groups is 2. The summed E-state index contributed by atoms with van der Waals surface area (Å²) in [7, 11) is 0. The minimum absolute atomic E-state index is 0.0232. The van der Waals surface area contributed by atoms with Gasteiger partial charge in [0.05, 0.1) is 17.8 Å². The first kappa shape index (κ1) is 32.2. The molecule has 9 atom stereocenters. The van der Waals surface area contributed by atoms with E-state index in [0.717, 1.165) is 17.6 Å². The summed E-state index contributed by atoms with van der Waals surface area (Å²) in [6.45, 7) is 7.29. The molecule has 0 unspecified atom stereocenters. The van der Waals surface area contributed by atoms with E-state index < -0.39 is 53.1 Å². The van der Waals surface area contributed by atoms with E-state index in [1.165, 1.54) is 0 Å². The van der Waals surface area contributed by atoms with Crippen molar-refractivity contribution in [2.24, 2.45) is 28.6 Å². The molecule has 3 saturated carbocycles. The van der Waals surface area contributed by atoms with Gasteiger partial charge < -0.3 is 30.2 Å². The van der Waals surface area contributed by atoms with Crippen molar-refractivity contribution in [2.45, 2.75) is 90.0 Å². The van der Waals surface area contributed by atoms with Crippen molar-refractivity contribution < 1.29 is 38.4 Å². The predicted octanol–water partition coefficient (Wildman–Crippen LogP) is 5.71. The highest BCUT2D eigenvalue weighted by Crippen LogP contribution is 2.70. The normalized spacial score (nSPS) is 37.2. The summed E-state index contributed by atoms with van der Waals surface area (Å²) in [5.41, 5.74) is 6.20. The Hall–Kier alpha value is -3.37. The topological polar surface area (TPSA) is 128 Å². The Morgan fingerprint density at radius 1 is 1.21 bits per heavy atom. The average molecular weight is 646 g/mol. The highest BCUT2D eigenvalue weighted by molar-refractivity contribution is 6.01. The third kappa shape index (κ3) is 4.68. The number of carbonyl (C=O) groups excluding carboxylic acids is 2. The first-order valence-corrected chi connectivity index (χ1v) is 16.7. The number of nitrogens with two attached hydrogens (primary N) is 1. The van der Waals surface area contributed by atoms with Gasteiger partial charge in [-0.1, -0.05) is 57.5 Å². The molecule has 0 radical (unpaired) electrons. The van der Waals surface area contributed by atoms with Crippen molar-refractivity contribution in [2.75, 3.05) is 12.3 Å². The molecule has 4 N–H and O–H groups in total. The van der Waals surface area contributed by atoms with Crippen LogP contribution in [0.5, 0.6) is 5.75 Å². The number of hydrogen-bond acceptors (Lipinski definition) is 8. The zero-order valence-corrected chi connectivity index (χ0v) is 27.4. The van der Waals surface area contributed by atoms with E-state index >= 15 is 4.39 Å². The number of ketones is 2. The van der Waals surface area contributed by atoms with Crippen LogP contribution in [0.2, 0.25) is 0 Å². The fourth-order valence-corrected chi connectivity index (χ4v) is 10.1. The van der Waals surface area contributed by atoms with E-state index in [2.05, 4.69) is 6.92 Å². The molecule has 5 aliphatic rings. The highest BCUT2D eigenvalue weighted by Gasteiger charge is 2.76. The van der Waals surface area contributed by atoms with Crippen LogP contribution in [0.25, 0.3) is 0 Å². The summed E-state index contributed by atoms with van der Waals surface area (Å²) in [5.74, 6) is -1.45. The van der Waals surface area contributed by atoms with Gasteiger partial charge in [-0.2, -0.15) is 0 Å². The number of nitrogen functional groups attached to an aromatic ring is 1. The number of halogens is 1. The first-order chi connectivity index (χ1) is 22.3. The molecule has 9 heteroatoms. The van der Waals surface area contributed by atoms with E-state index in [4.69, 9.17) is 19.9 Å². The second-order valence-electron chi connectivity index (χ2n) is 14.9. The van der Waals surface area contributed by atoms with Gasteiger partial charge in [-0.25, -0.2) is 4.39 Å². The van der Waals surface area contributed by atoms with Gasteiger partial charge in [0.15, 0.2) is 35.0 Å². The summed E-state index contributed by atoms with van der Waals surface area (Å²) in [5, 5.41) is 22.3. The minimum atomic E-state index is -1.59. The van der Waals surface area contributed by atoms with Crippen LogP contribution < -0.4 is 10.5 Å². The lowest BCUT2D eigenvalue weighted by molar-refractivity contribution is -0.201. The standard InChI is InChI=1S/C38H44FNO7/c1-20(2)25-10-11-29(45-19-21-6-5-7-23(40)14-21)34(39)32(25)35-46-31-16-27-26-9-8-22-15-24(42)12-13-36(22,3)33(26)28(43)17-37(27,4)38(31,47-35)30(44)18-41/h5-7,10-15,20,26-28,31,33,35,41,43H,8-9,16-19,40H2,1-4H3/t26-,27-,28-,31+,33+,35+,36-,37-,38+/m0/s1. The van der Waals surface area contributed by atoms with E-state index in [1.54, 1.807) is 36.4 Å². The van der Waals surface area contributed by atoms with Crippen LogP contribution in [-0.4, -0.2) is 46.2 Å². The Morgan fingerprint density at radius 2 is 2.00 bits per heavy atom. The van der Waals surface area contributed by atoms with Crippen molar-refractivity contribution in [3.05, 3.63) is 82.7 Å². The molecule has 4 fully saturated rings. The number of rotatable bonds is 7. The van der Waals surface area contributed by atoms with Crippen molar-refractivity contribution in [3.8, 4) is 5.75 Å². The van der Waals surface area contributed by atoms with Crippen molar-refractivity contribution in [1.29, 1.82) is 0 Å². The summed E-state index contributed by atoms with van der Waals surface area (Å²) in [4.78, 5) is 26.2. The molecule has 1 aliphatic heterocycles. The number of Topliss-reactive ketones (excluding diaryl/α,β-unsaturated/α-hetero) is 1. The Labute approximate surface area is 274 Å². The minimum Gasteiger partial charge on any atom is -0.486 e. The average Bonchev–Trinajstić information content (AvgIpc) is 3.52. The maximum Gasteiger partial charge on any atom is 0.193 e. The van der Waals surface area contributed by atoms with Crippen LogP contribution in [0.1, 0.15) is 82.3 Å². The van der Waals surface area contributed by atoms with Crippen LogP contribution >= 0.6 is 0 Å². The van der Waals surface area contributed by atoms with Gasteiger partial charge in [-0.3, -0.25) is 9.59 Å². The molecule has 0 bridgehead atoms. The smallest absolute Gasteiger partial charge is 0.193 e. The third-order valence-electron chi connectivity index (χ3n) is 12.2. The molecule has 4 aliphatic carbocycles. The van der Waals surface area contributed by atoms with E-state index in [9.17, 15) is 19.8 Å². The van der Waals surface area contributed by atoms with Crippen LogP contribution in [0, 0.1) is 34.4 Å². The Morgan fingerprint density at radius 3 is 2.72 bits per heavy atom. The number of hydrogen-bond donors (Lipinski definition) is 3. The lowest BCUT2D eigenvalue weighted by Crippen LogP contribution is -2.63. The molecule has 250 valence electrons. The van der Waals surface area contributed by atoms with Crippen molar-refractivity contribution in [1.82, 2.24) is 0 Å². The zero-order chi connectivity index (χ0) is 33.5. The molecule has 1 heterocycles. The van der Waals surface area contributed by atoms with Gasteiger partial charge in [-0.05, 0) is 84.9 Å². The second-order valence-corrected chi connectivity index (χ2v) is 14.9. The molecule has 7 rings (SSSR count). The van der Waals surface area contributed by atoms with Crippen molar-refractivity contribution in [3.63, 3.8) is 0 Å². The van der Waals surface area contributed by atoms with Gasteiger partial charge in [-0.15, -0.1) is 0 Å². The van der Waals surface area contributed by atoms with Gasteiger partial charge in [0.2, 0.25) is 0 Å². The van der Waals surface area contributed by atoms with Crippen LogP contribution in [0.15, 0.2) is 60.2 Å². The molecule has 1 saturated heterocycles. The summed E-state index contributed by atoms with van der Waals surface area (Å²) < 4.78 is 35.8. The molecular formula is C38H44FNO7. The zero-order valence-electron chi connectivity index (χ0n) is 27.4. The van der Waals surface area contributed by atoms with E-state index in [0.29, 0.717) is 24.1 Å². The second kappa shape index (κ2) is 11.4. The Kier molecular flexibility index (Phi) is 7.78. The number of ether oxygens (including phenoxy) is 3. The molecule has 47 heavy (non-hydrogen) atoms. The van der Waals surface area contributed by atoms with Crippen molar-refractivity contribution >= 4 is 17.3 Å². The number of fused-ring (bicyclic) bond motifs is 7. The number of allylic oxidation sites excluding steroid dienone is 4. The van der Waals surface area contributed by atoms with Gasteiger partial charge in [0, 0.05) is 22.4 Å². The lowest BCUT2D eigenvalue weighted by Gasteiger charge is -2.59. The number of carbonyl (C=O) groups is 2. The van der Waals surface area contributed by atoms with Crippen LogP contribution in [0.3, 0.4) is 0 Å². The Balaban J connectivity index is 1.24. The van der Waals surface area contributed by atoms with Gasteiger partial charge in [0.1, 0.15) is 13.2 Å². The maximum absolute atomic E-state index is 16.5. The SMILES string of the molecule is CC(C)c1ccc(OCc2cccc(N)c2)c(F)c1[C@@H]1O[C@@H]2C[C@H]3[C@@H]4CCC5=CC(=O)C=C[C@]5(C)[C@H]4[C@@H](O)C[C@]3(C)[C@]2(C(=O)CO)O1. The first-order valence-electron chi connectivity index (χ1n) is 16.7. The summed E-state index contributed by atoms with van der Waals surface area (Å²) in [6, 6.07) is 10.6. The summed E-state index contributed by atoms with van der Waals surface area (Å²) in [6.07, 6.45) is 4.65. The number of anilines is 1. The van der Waals surface area contributed by atoms with Crippen LogP contribution in [-0.2, 0) is 25.7 Å². The molecule has 0 aromatic heterocycles. The fourth-order valence-electron chi connectivity index (χ4n) is 10.1. The lowest BCUT2D eigenvalue weighted by atomic mass is 9.46. The largest absolute Gasteiger partial charge is 0.486 e. The molecule has 2 aromatic rings. The number of benzene rings is 2. The predicted molar refractivity (Wildman–Crippen MR) is 173 cm³/mol.